The minimum absolute atomic E-state index is 0.102. The molecule has 92 valence electrons. The van der Waals surface area contributed by atoms with Gasteiger partial charge in [-0.2, -0.15) is 11.8 Å². The molecule has 0 aliphatic carbocycles. The number of halogens is 1. The Bertz CT molecular complexity index is 414. The molecule has 2 rings (SSSR count). The molecule has 1 saturated heterocycles. The zero-order chi connectivity index (χ0) is 12.3. The zero-order valence-corrected chi connectivity index (χ0v) is 10.6. The van der Waals surface area contributed by atoms with E-state index in [1.54, 1.807) is 30.0 Å². The Morgan fingerprint density at radius 2 is 2.41 bits per heavy atom. The number of thioether (sulfide) groups is 1. The lowest BCUT2D eigenvalue weighted by atomic mass is 9.97. The van der Waals surface area contributed by atoms with Crippen LogP contribution in [0.25, 0.3) is 0 Å². The van der Waals surface area contributed by atoms with Crippen molar-refractivity contribution in [3.8, 4) is 5.75 Å². The fourth-order valence-electron chi connectivity index (χ4n) is 1.97. The molecular formula is C13H15FO2S. The van der Waals surface area contributed by atoms with Gasteiger partial charge in [0.2, 0.25) is 0 Å². The highest BCUT2D eigenvalue weighted by molar-refractivity contribution is 7.99. The monoisotopic (exact) mass is 254 g/mol. The summed E-state index contributed by atoms with van der Waals surface area (Å²) in [5.41, 5.74) is 0.436. The third-order valence-corrected chi connectivity index (χ3v) is 4.18. The fourth-order valence-corrected chi connectivity index (χ4v) is 3.23. The lowest BCUT2D eigenvalue weighted by Crippen LogP contribution is -2.16. The standard InChI is InChI=1S/C13H15FO2S/c1-16-12-4-2-3-9(13(12)14)7-11(15)10-5-6-17-8-10/h2-4,10H,5-8H2,1H3. The quantitative estimate of drug-likeness (QED) is 0.826. The van der Waals surface area contributed by atoms with Crippen molar-refractivity contribution in [2.45, 2.75) is 12.8 Å². The number of Topliss-reactive ketones (excluding diaryl/α,β-unsaturated/α-hetero) is 1. The van der Waals surface area contributed by atoms with E-state index in [0.717, 1.165) is 17.9 Å². The molecule has 2 nitrogen and oxygen atoms in total. The van der Waals surface area contributed by atoms with Crippen molar-refractivity contribution >= 4 is 17.5 Å². The maximum atomic E-state index is 13.8. The van der Waals surface area contributed by atoms with E-state index in [4.69, 9.17) is 4.74 Å². The molecule has 17 heavy (non-hydrogen) atoms. The molecule has 0 amide bonds. The van der Waals surface area contributed by atoms with Crippen molar-refractivity contribution in [3.63, 3.8) is 0 Å². The Kier molecular flexibility index (Phi) is 4.05. The average Bonchev–Trinajstić information content (AvgIpc) is 2.85. The van der Waals surface area contributed by atoms with Crippen LogP contribution in [0.15, 0.2) is 18.2 Å². The summed E-state index contributed by atoms with van der Waals surface area (Å²) < 4.78 is 18.7. The van der Waals surface area contributed by atoms with Crippen LogP contribution in [0.1, 0.15) is 12.0 Å². The van der Waals surface area contributed by atoms with Crippen LogP contribution < -0.4 is 4.74 Å². The van der Waals surface area contributed by atoms with E-state index in [0.29, 0.717) is 5.56 Å². The molecule has 1 aliphatic heterocycles. The Hall–Kier alpha value is -1.03. The van der Waals surface area contributed by atoms with Gasteiger partial charge in [0.05, 0.1) is 7.11 Å². The summed E-state index contributed by atoms with van der Waals surface area (Å²) in [6.45, 7) is 0. The highest BCUT2D eigenvalue weighted by Gasteiger charge is 2.24. The van der Waals surface area contributed by atoms with Crippen LogP contribution in [0.4, 0.5) is 4.39 Å². The predicted molar refractivity (Wildman–Crippen MR) is 67.1 cm³/mol. The van der Waals surface area contributed by atoms with Crippen molar-refractivity contribution < 1.29 is 13.9 Å². The second-order valence-electron chi connectivity index (χ2n) is 4.14. The van der Waals surface area contributed by atoms with E-state index in [2.05, 4.69) is 0 Å². The molecule has 4 heteroatoms. The van der Waals surface area contributed by atoms with E-state index in [-0.39, 0.29) is 23.9 Å². The number of methoxy groups -OCH3 is 1. The van der Waals surface area contributed by atoms with Crippen molar-refractivity contribution in [2.24, 2.45) is 5.92 Å². The maximum absolute atomic E-state index is 13.8. The normalized spacial score (nSPS) is 19.3. The molecule has 0 radical (unpaired) electrons. The smallest absolute Gasteiger partial charge is 0.168 e. The van der Waals surface area contributed by atoms with Crippen LogP contribution in [-0.4, -0.2) is 24.4 Å². The van der Waals surface area contributed by atoms with Gasteiger partial charge in [-0.15, -0.1) is 0 Å². The van der Waals surface area contributed by atoms with Crippen LogP contribution >= 0.6 is 11.8 Å². The minimum Gasteiger partial charge on any atom is -0.494 e. The van der Waals surface area contributed by atoms with Gasteiger partial charge in [-0.3, -0.25) is 4.79 Å². The zero-order valence-electron chi connectivity index (χ0n) is 9.74. The molecule has 1 aromatic rings. The summed E-state index contributed by atoms with van der Waals surface area (Å²) in [7, 11) is 1.43. The molecule has 0 aromatic heterocycles. The van der Waals surface area contributed by atoms with Gasteiger partial charge in [-0.05, 0) is 23.8 Å². The van der Waals surface area contributed by atoms with Gasteiger partial charge in [0.1, 0.15) is 5.78 Å². The summed E-state index contributed by atoms with van der Waals surface area (Å²) in [6, 6.07) is 4.93. The van der Waals surface area contributed by atoms with Crippen molar-refractivity contribution in [3.05, 3.63) is 29.6 Å². The number of hydrogen-bond acceptors (Lipinski definition) is 3. The van der Waals surface area contributed by atoms with E-state index < -0.39 is 5.82 Å². The topological polar surface area (TPSA) is 26.3 Å². The minimum atomic E-state index is -0.408. The number of ketones is 1. The molecule has 1 fully saturated rings. The largest absolute Gasteiger partial charge is 0.494 e. The predicted octanol–water partition coefficient (Wildman–Crippen LogP) is 2.70. The molecular weight excluding hydrogens is 239 g/mol. The number of benzene rings is 1. The lowest BCUT2D eigenvalue weighted by Gasteiger charge is -2.09. The molecule has 0 bridgehead atoms. The van der Waals surface area contributed by atoms with E-state index in [1.165, 1.54) is 7.11 Å². The van der Waals surface area contributed by atoms with Crippen LogP contribution in [0, 0.1) is 11.7 Å². The first kappa shape index (κ1) is 12.4. The molecule has 1 aliphatic rings. The Morgan fingerprint density at radius 3 is 3.06 bits per heavy atom. The second kappa shape index (κ2) is 5.54. The molecule has 1 aromatic carbocycles. The van der Waals surface area contributed by atoms with Crippen molar-refractivity contribution in [1.82, 2.24) is 0 Å². The van der Waals surface area contributed by atoms with E-state index >= 15 is 0 Å². The summed E-state index contributed by atoms with van der Waals surface area (Å²) in [5.74, 6) is 1.96. The Morgan fingerprint density at radius 1 is 1.59 bits per heavy atom. The maximum Gasteiger partial charge on any atom is 0.168 e. The Balaban J connectivity index is 2.10. The number of carbonyl (C=O) groups is 1. The first-order chi connectivity index (χ1) is 8.22. The SMILES string of the molecule is COc1cccc(CC(=O)C2CCSC2)c1F. The number of rotatable bonds is 4. The second-order valence-corrected chi connectivity index (χ2v) is 5.29. The molecule has 1 unspecified atom stereocenters. The van der Waals surface area contributed by atoms with Crippen LogP contribution in [0.5, 0.6) is 5.75 Å². The van der Waals surface area contributed by atoms with Gasteiger partial charge in [0.25, 0.3) is 0 Å². The van der Waals surface area contributed by atoms with E-state index in [1.807, 2.05) is 0 Å². The highest BCUT2D eigenvalue weighted by Crippen LogP contribution is 2.27. The van der Waals surface area contributed by atoms with Gasteiger partial charge in [0.15, 0.2) is 11.6 Å². The van der Waals surface area contributed by atoms with Crippen molar-refractivity contribution in [1.29, 1.82) is 0 Å². The average molecular weight is 254 g/mol. The van der Waals surface area contributed by atoms with Gasteiger partial charge < -0.3 is 4.74 Å². The summed E-state index contributed by atoms with van der Waals surface area (Å²) in [4.78, 5) is 11.9. The molecule has 1 heterocycles. The van der Waals surface area contributed by atoms with Gasteiger partial charge >= 0.3 is 0 Å². The molecule has 0 N–H and O–H groups in total. The fraction of sp³-hybridized carbons (Fsp3) is 0.462. The lowest BCUT2D eigenvalue weighted by molar-refractivity contribution is -0.121. The van der Waals surface area contributed by atoms with E-state index in [9.17, 15) is 9.18 Å². The van der Waals surface area contributed by atoms with Crippen LogP contribution in [0.2, 0.25) is 0 Å². The first-order valence-corrected chi connectivity index (χ1v) is 6.79. The number of carbonyl (C=O) groups excluding carboxylic acids is 1. The van der Waals surface area contributed by atoms with Gasteiger partial charge in [0, 0.05) is 18.1 Å². The summed E-state index contributed by atoms with van der Waals surface area (Å²) in [6.07, 6.45) is 1.10. The third-order valence-electron chi connectivity index (χ3n) is 3.01. The number of ether oxygens (including phenoxy) is 1. The Labute approximate surface area is 105 Å². The van der Waals surface area contributed by atoms with Gasteiger partial charge in [-0.1, -0.05) is 12.1 Å². The van der Waals surface area contributed by atoms with Crippen LogP contribution in [-0.2, 0) is 11.2 Å². The highest BCUT2D eigenvalue weighted by atomic mass is 32.2. The molecule has 1 atom stereocenters. The molecule has 0 spiro atoms. The third kappa shape index (κ3) is 2.80. The van der Waals surface area contributed by atoms with Crippen molar-refractivity contribution in [2.75, 3.05) is 18.6 Å². The van der Waals surface area contributed by atoms with Crippen LogP contribution in [0.3, 0.4) is 0 Å². The molecule has 0 saturated carbocycles. The number of hydrogen-bond donors (Lipinski definition) is 0. The first-order valence-electron chi connectivity index (χ1n) is 5.64. The summed E-state index contributed by atoms with van der Waals surface area (Å²) >= 11 is 1.79. The van der Waals surface area contributed by atoms with Gasteiger partial charge in [-0.25, -0.2) is 4.39 Å². The summed E-state index contributed by atoms with van der Waals surface area (Å²) in [5, 5.41) is 0.